The molecular weight excluding hydrogens is 179 g/mol. The Balaban J connectivity index is 4.10. The SMILES string of the molecule is CC([AsH2])S(=O)(=O)O. The second-order valence-electron chi connectivity index (χ2n) is 1.22. The van der Waals surface area contributed by atoms with Crippen LogP contribution in [0.1, 0.15) is 6.92 Å². The van der Waals surface area contributed by atoms with Gasteiger partial charge in [-0.3, -0.25) is 0 Å². The summed E-state index contributed by atoms with van der Waals surface area (Å²) in [5.41, 5.74) is 0. The number of rotatable bonds is 1. The van der Waals surface area contributed by atoms with Gasteiger partial charge in [-0.1, -0.05) is 0 Å². The molecule has 0 spiro atoms. The van der Waals surface area contributed by atoms with E-state index in [-0.39, 0.29) is 0 Å². The van der Waals surface area contributed by atoms with Crippen molar-refractivity contribution in [3.63, 3.8) is 0 Å². The predicted octanol–water partition coefficient (Wildman–Crippen LogP) is -1.15. The van der Waals surface area contributed by atoms with E-state index in [0.29, 0.717) is 0 Å². The molecule has 0 aliphatic carbocycles. The van der Waals surface area contributed by atoms with E-state index in [2.05, 4.69) is 0 Å². The van der Waals surface area contributed by atoms with Crippen molar-refractivity contribution in [2.75, 3.05) is 0 Å². The minimum atomic E-state index is -3.71. The molecule has 2 unspecified atom stereocenters. The summed E-state index contributed by atoms with van der Waals surface area (Å²) >= 11 is 0.997. The van der Waals surface area contributed by atoms with Gasteiger partial charge in [-0.2, -0.15) is 0 Å². The van der Waals surface area contributed by atoms with Gasteiger partial charge in [0.2, 0.25) is 0 Å². The first-order valence-corrected chi connectivity index (χ1v) is 4.56. The van der Waals surface area contributed by atoms with Crippen molar-refractivity contribution in [2.45, 2.75) is 11.0 Å². The average Bonchev–Trinajstić information content (AvgIpc) is 1.31. The maximum atomic E-state index is 9.90. The van der Waals surface area contributed by atoms with Crippen LogP contribution in [0, 0.1) is 0 Å². The fourth-order valence-electron chi connectivity index (χ4n) is 0. The van der Waals surface area contributed by atoms with Gasteiger partial charge in [0.15, 0.2) is 0 Å². The standard InChI is InChI=1S/C2H7AsO3S/c1-2(3)7(4,5)6/h2H,3H2,1H3,(H,4,5,6). The van der Waals surface area contributed by atoms with Gasteiger partial charge in [-0.05, 0) is 0 Å². The second-order valence-corrected chi connectivity index (χ2v) is 6.11. The minimum absolute atomic E-state index is 0.611. The van der Waals surface area contributed by atoms with E-state index in [1.807, 2.05) is 0 Å². The van der Waals surface area contributed by atoms with Gasteiger partial charge in [0.25, 0.3) is 0 Å². The average molecular weight is 186 g/mol. The Kier molecular flexibility index (Phi) is 2.30. The summed E-state index contributed by atoms with van der Waals surface area (Å²) in [7, 11) is -3.71. The van der Waals surface area contributed by atoms with Gasteiger partial charge < -0.3 is 0 Å². The van der Waals surface area contributed by atoms with Crippen LogP contribution in [-0.2, 0) is 10.1 Å². The van der Waals surface area contributed by atoms with Gasteiger partial charge in [-0.15, -0.1) is 0 Å². The maximum absolute atomic E-state index is 9.90. The summed E-state index contributed by atoms with van der Waals surface area (Å²) in [4.78, 5) is 0. The van der Waals surface area contributed by atoms with Crippen molar-refractivity contribution in [2.24, 2.45) is 0 Å². The molecule has 0 aromatic carbocycles. The molecule has 0 fully saturated rings. The van der Waals surface area contributed by atoms with Crippen molar-refractivity contribution < 1.29 is 13.0 Å². The molecule has 3 nitrogen and oxygen atoms in total. The van der Waals surface area contributed by atoms with E-state index in [1.165, 1.54) is 6.92 Å². The predicted molar refractivity (Wildman–Crippen MR) is 29.6 cm³/mol. The molecule has 0 rings (SSSR count). The van der Waals surface area contributed by atoms with E-state index in [0.717, 1.165) is 16.9 Å². The van der Waals surface area contributed by atoms with Crippen molar-refractivity contribution in [1.29, 1.82) is 0 Å². The normalized spacial score (nSPS) is 16.4. The molecule has 0 amide bonds. The Labute approximate surface area is 51.4 Å². The van der Waals surface area contributed by atoms with Crippen LogP contribution in [0.2, 0.25) is 0 Å². The van der Waals surface area contributed by atoms with Crippen LogP contribution in [-0.4, -0.2) is 33.9 Å². The van der Waals surface area contributed by atoms with Crippen LogP contribution in [0.3, 0.4) is 0 Å². The number of hydrogen-bond acceptors (Lipinski definition) is 2. The molecule has 7 heavy (non-hydrogen) atoms. The van der Waals surface area contributed by atoms with E-state index in [4.69, 9.17) is 4.55 Å². The first-order chi connectivity index (χ1) is 2.94. The van der Waals surface area contributed by atoms with Gasteiger partial charge in [0.05, 0.1) is 0 Å². The van der Waals surface area contributed by atoms with Crippen molar-refractivity contribution in [3.05, 3.63) is 0 Å². The third kappa shape index (κ3) is 3.09. The zero-order chi connectivity index (χ0) is 6.08. The molecule has 0 bridgehead atoms. The van der Waals surface area contributed by atoms with Crippen LogP contribution in [0.15, 0.2) is 0 Å². The summed E-state index contributed by atoms with van der Waals surface area (Å²) in [5, 5.41) is 0. The molecule has 0 aliphatic rings. The summed E-state index contributed by atoms with van der Waals surface area (Å²) in [6, 6.07) is 0. The zero-order valence-corrected chi connectivity index (χ0v) is 7.07. The second kappa shape index (κ2) is 2.16. The molecule has 1 N–H and O–H groups in total. The molecular formula is C2H7AsO3S. The van der Waals surface area contributed by atoms with Crippen LogP contribution < -0.4 is 0 Å². The fourth-order valence-corrected chi connectivity index (χ4v) is 0. The first kappa shape index (κ1) is 7.47. The van der Waals surface area contributed by atoms with E-state index in [9.17, 15) is 8.42 Å². The third-order valence-electron chi connectivity index (χ3n) is 0.470. The van der Waals surface area contributed by atoms with E-state index in [1.54, 1.807) is 0 Å². The summed E-state index contributed by atoms with van der Waals surface area (Å²) in [6.07, 6.45) is 0. The third-order valence-corrected chi connectivity index (χ3v) is 3.57. The first-order valence-electron chi connectivity index (χ1n) is 1.66. The fraction of sp³-hybridized carbons (Fsp3) is 1.00. The van der Waals surface area contributed by atoms with Gasteiger partial charge in [0, 0.05) is 0 Å². The summed E-state index contributed by atoms with van der Waals surface area (Å²) in [6.45, 7) is 1.44. The molecule has 2 atom stereocenters. The van der Waals surface area contributed by atoms with Crippen LogP contribution >= 0.6 is 0 Å². The molecule has 44 valence electrons. The van der Waals surface area contributed by atoms with Crippen molar-refractivity contribution in [1.82, 2.24) is 0 Å². The topological polar surface area (TPSA) is 54.4 Å². The molecule has 5 heteroatoms. The van der Waals surface area contributed by atoms with Crippen LogP contribution in [0.4, 0.5) is 0 Å². The quantitative estimate of drug-likeness (QED) is 0.415. The molecule has 0 aromatic rings. The molecule has 0 saturated heterocycles. The molecule has 0 aromatic heterocycles. The van der Waals surface area contributed by atoms with Gasteiger partial charge >= 0.3 is 50.9 Å². The van der Waals surface area contributed by atoms with Gasteiger partial charge in [-0.25, -0.2) is 0 Å². The summed E-state index contributed by atoms with van der Waals surface area (Å²) < 4.78 is 27.3. The number of hydrogen-bond donors (Lipinski definition) is 1. The Hall–Kier alpha value is 0.468. The van der Waals surface area contributed by atoms with Crippen molar-refractivity contribution in [3.8, 4) is 0 Å². The molecule has 0 heterocycles. The monoisotopic (exact) mass is 186 g/mol. The molecule has 0 radical (unpaired) electrons. The Morgan fingerprint density at radius 3 is 1.86 bits per heavy atom. The Bertz CT molecular complexity index is 135. The van der Waals surface area contributed by atoms with Gasteiger partial charge in [0.1, 0.15) is 0 Å². The van der Waals surface area contributed by atoms with E-state index >= 15 is 0 Å². The molecule has 0 aliphatic heterocycles. The van der Waals surface area contributed by atoms with Crippen molar-refractivity contribution >= 4 is 27.0 Å². The summed E-state index contributed by atoms with van der Waals surface area (Å²) in [5.74, 6) is 0. The zero-order valence-electron chi connectivity index (χ0n) is 3.83. The van der Waals surface area contributed by atoms with Crippen LogP contribution in [0.5, 0.6) is 0 Å². The van der Waals surface area contributed by atoms with Crippen LogP contribution in [0.25, 0.3) is 0 Å². The Morgan fingerprint density at radius 1 is 1.71 bits per heavy atom. The Morgan fingerprint density at radius 2 is 1.86 bits per heavy atom. The van der Waals surface area contributed by atoms with E-state index < -0.39 is 14.2 Å². The molecule has 0 saturated carbocycles.